The van der Waals surface area contributed by atoms with Crippen LogP contribution in [0.3, 0.4) is 0 Å². The molecule has 1 aromatic carbocycles. The van der Waals surface area contributed by atoms with Gasteiger partial charge in [-0.3, -0.25) is 0 Å². The molecule has 1 aromatic rings. The van der Waals surface area contributed by atoms with Crippen LogP contribution in [0.2, 0.25) is 0 Å². The molecule has 0 amide bonds. The minimum absolute atomic E-state index is 0.333. The van der Waals surface area contributed by atoms with Crippen molar-refractivity contribution in [3.8, 4) is 0 Å². The lowest BCUT2D eigenvalue weighted by Crippen LogP contribution is -2.03. The van der Waals surface area contributed by atoms with Gasteiger partial charge in [-0.05, 0) is 12.0 Å². The van der Waals surface area contributed by atoms with Crippen molar-refractivity contribution in [2.24, 2.45) is 0 Å². The third-order valence-corrected chi connectivity index (χ3v) is 1.73. The molecule has 0 aromatic heterocycles. The number of carbonyl (C=O) groups excluding carboxylic acids is 1. The smallest absolute Gasteiger partial charge is 0.330 e. The maximum absolute atomic E-state index is 10.7. The van der Waals surface area contributed by atoms with Gasteiger partial charge in [0.1, 0.15) is 0 Å². The van der Waals surface area contributed by atoms with Crippen LogP contribution in [-0.4, -0.2) is 12.6 Å². The SMILES string of the molecule is C=CC(=O)OC[CH]Cc1ccccc1. The van der Waals surface area contributed by atoms with E-state index in [-0.39, 0.29) is 5.97 Å². The zero-order chi connectivity index (χ0) is 10.2. The quantitative estimate of drug-likeness (QED) is 0.403. The normalized spacial score (nSPS) is 9.43. The summed E-state index contributed by atoms with van der Waals surface area (Å²) in [5.41, 5.74) is 1.21. The minimum atomic E-state index is -0.380. The second-order valence-corrected chi connectivity index (χ2v) is 2.81. The first kappa shape index (κ1) is 10.5. The van der Waals surface area contributed by atoms with Crippen LogP contribution in [0.5, 0.6) is 0 Å². The Morgan fingerprint density at radius 3 is 2.71 bits per heavy atom. The fourth-order valence-corrected chi connectivity index (χ4v) is 1.04. The molecule has 0 spiro atoms. The molecule has 2 heteroatoms. The number of hydrogen-bond donors (Lipinski definition) is 0. The zero-order valence-electron chi connectivity index (χ0n) is 7.98. The molecule has 0 saturated carbocycles. The lowest BCUT2D eigenvalue weighted by atomic mass is 10.1. The first-order valence-corrected chi connectivity index (χ1v) is 4.47. The van der Waals surface area contributed by atoms with Gasteiger partial charge in [0.2, 0.25) is 0 Å². The highest BCUT2D eigenvalue weighted by atomic mass is 16.5. The summed E-state index contributed by atoms with van der Waals surface area (Å²) in [5, 5.41) is 0. The van der Waals surface area contributed by atoms with Crippen molar-refractivity contribution in [2.75, 3.05) is 6.61 Å². The Morgan fingerprint density at radius 2 is 2.07 bits per heavy atom. The summed E-state index contributed by atoms with van der Waals surface area (Å²) in [4.78, 5) is 10.7. The molecule has 73 valence electrons. The molecule has 1 rings (SSSR count). The molecule has 0 aliphatic carbocycles. The van der Waals surface area contributed by atoms with E-state index in [0.29, 0.717) is 6.61 Å². The molecule has 1 radical (unpaired) electrons. The highest BCUT2D eigenvalue weighted by Crippen LogP contribution is 2.01. The van der Waals surface area contributed by atoms with Crippen molar-refractivity contribution in [1.82, 2.24) is 0 Å². The molecular weight excluding hydrogens is 176 g/mol. The van der Waals surface area contributed by atoms with Crippen LogP contribution in [0.25, 0.3) is 0 Å². The Morgan fingerprint density at radius 1 is 1.36 bits per heavy atom. The van der Waals surface area contributed by atoms with E-state index in [4.69, 9.17) is 4.74 Å². The molecule has 2 nitrogen and oxygen atoms in total. The van der Waals surface area contributed by atoms with Gasteiger partial charge in [0, 0.05) is 12.5 Å². The molecule has 0 atom stereocenters. The number of ether oxygens (including phenoxy) is 1. The topological polar surface area (TPSA) is 26.3 Å². The van der Waals surface area contributed by atoms with Crippen LogP contribution < -0.4 is 0 Å². The van der Waals surface area contributed by atoms with Gasteiger partial charge in [0.05, 0.1) is 6.61 Å². The fraction of sp³-hybridized carbons (Fsp3) is 0.167. The Balaban J connectivity index is 2.16. The summed E-state index contributed by atoms with van der Waals surface area (Å²) >= 11 is 0. The molecule has 0 unspecified atom stereocenters. The van der Waals surface area contributed by atoms with Gasteiger partial charge in [0.15, 0.2) is 0 Å². The molecule has 0 saturated heterocycles. The van der Waals surface area contributed by atoms with Gasteiger partial charge in [-0.25, -0.2) is 4.79 Å². The monoisotopic (exact) mass is 189 g/mol. The molecule has 0 aliphatic heterocycles. The molecule has 0 fully saturated rings. The van der Waals surface area contributed by atoms with Crippen molar-refractivity contribution in [3.05, 3.63) is 55.0 Å². The average molecular weight is 189 g/mol. The number of carbonyl (C=O) groups is 1. The summed E-state index contributed by atoms with van der Waals surface area (Å²) in [6.07, 6.45) is 3.89. The zero-order valence-corrected chi connectivity index (χ0v) is 7.98. The van der Waals surface area contributed by atoms with Crippen LogP contribution in [0, 0.1) is 6.42 Å². The van der Waals surface area contributed by atoms with Crippen LogP contribution in [0.4, 0.5) is 0 Å². The molecule has 14 heavy (non-hydrogen) atoms. The van der Waals surface area contributed by atoms with Crippen LogP contribution in [-0.2, 0) is 16.0 Å². The van der Waals surface area contributed by atoms with E-state index in [9.17, 15) is 4.79 Å². The fourth-order valence-electron chi connectivity index (χ4n) is 1.04. The molecular formula is C12H13O2. The predicted octanol–water partition coefficient (Wildman–Crippen LogP) is 2.16. The lowest BCUT2D eigenvalue weighted by Gasteiger charge is -2.01. The van der Waals surface area contributed by atoms with Gasteiger partial charge in [-0.15, -0.1) is 0 Å². The van der Waals surface area contributed by atoms with E-state index < -0.39 is 0 Å². The van der Waals surface area contributed by atoms with Crippen LogP contribution in [0.1, 0.15) is 5.56 Å². The Hall–Kier alpha value is -1.57. The summed E-state index contributed by atoms with van der Waals surface area (Å²) in [5.74, 6) is -0.380. The third-order valence-electron chi connectivity index (χ3n) is 1.73. The second kappa shape index (κ2) is 5.97. The molecule has 0 heterocycles. The van der Waals surface area contributed by atoms with Gasteiger partial charge >= 0.3 is 5.97 Å². The number of rotatable bonds is 5. The maximum Gasteiger partial charge on any atom is 0.330 e. The second-order valence-electron chi connectivity index (χ2n) is 2.81. The van der Waals surface area contributed by atoms with E-state index in [0.717, 1.165) is 12.5 Å². The summed E-state index contributed by atoms with van der Waals surface area (Å²) in [7, 11) is 0. The first-order valence-electron chi connectivity index (χ1n) is 4.47. The standard InChI is InChI=1S/C12H13O2/c1-2-12(13)14-10-6-9-11-7-4-3-5-8-11/h2-8H,1,9-10H2. The highest BCUT2D eigenvalue weighted by molar-refractivity contribution is 5.81. The number of hydrogen-bond acceptors (Lipinski definition) is 2. The molecule has 0 aliphatic rings. The Labute approximate surface area is 84.2 Å². The van der Waals surface area contributed by atoms with Crippen molar-refractivity contribution in [2.45, 2.75) is 6.42 Å². The maximum atomic E-state index is 10.7. The number of esters is 1. The Bertz CT molecular complexity index is 290. The highest BCUT2D eigenvalue weighted by Gasteiger charge is 1.96. The van der Waals surface area contributed by atoms with Crippen LogP contribution >= 0.6 is 0 Å². The minimum Gasteiger partial charge on any atom is -0.462 e. The largest absolute Gasteiger partial charge is 0.462 e. The predicted molar refractivity (Wildman–Crippen MR) is 55.6 cm³/mol. The summed E-state index contributed by atoms with van der Waals surface area (Å²) in [6, 6.07) is 10.0. The van der Waals surface area contributed by atoms with E-state index in [2.05, 4.69) is 6.58 Å². The summed E-state index contributed by atoms with van der Waals surface area (Å²) < 4.78 is 4.80. The van der Waals surface area contributed by atoms with Crippen LogP contribution in [0.15, 0.2) is 43.0 Å². The van der Waals surface area contributed by atoms with Gasteiger partial charge in [0.25, 0.3) is 0 Å². The van der Waals surface area contributed by atoms with Crippen molar-refractivity contribution in [1.29, 1.82) is 0 Å². The number of benzene rings is 1. The summed E-state index contributed by atoms with van der Waals surface area (Å²) in [6.45, 7) is 3.64. The van der Waals surface area contributed by atoms with Crippen molar-refractivity contribution >= 4 is 5.97 Å². The van der Waals surface area contributed by atoms with Crippen molar-refractivity contribution < 1.29 is 9.53 Å². The van der Waals surface area contributed by atoms with Gasteiger partial charge in [-0.1, -0.05) is 36.9 Å². The van der Waals surface area contributed by atoms with Gasteiger partial charge in [-0.2, -0.15) is 0 Å². The van der Waals surface area contributed by atoms with E-state index in [1.807, 2.05) is 36.8 Å². The average Bonchev–Trinajstić information content (AvgIpc) is 2.25. The third kappa shape index (κ3) is 3.90. The van der Waals surface area contributed by atoms with E-state index in [1.54, 1.807) is 0 Å². The first-order chi connectivity index (χ1) is 6.83. The Kier molecular flexibility index (Phi) is 4.48. The van der Waals surface area contributed by atoms with E-state index in [1.165, 1.54) is 5.56 Å². The molecule has 0 N–H and O–H groups in total. The van der Waals surface area contributed by atoms with Gasteiger partial charge < -0.3 is 4.74 Å². The van der Waals surface area contributed by atoms with Crippen molar-refractivity contribution in [3.63, 3.8) is 0 Å². The lowest BCUT2D eigenvalue weighted by molar-refractivity contribution is -0.136. The molecule has 0 bridgehead atoms. The van der Waals surface area contributed by atoms with E-state index >= 15 is 0 Å².